The number of aromatic amines is 1. The lowest BCUT2D eigenvalue weighted by molar-refractivity contribution is -0.670. The lowest BCUT2D eigenvalue weighted by atomic mass is 10.0. The molecule has 1 aromatic heterocycles. The van der Waals surface area contributed by atoms with Gasteiger partial charge in [0, 0.05) is 17.7 Å². The molecule has 2 aromatic carbocycles. The van der Waals surface area contributed by atoms with E-state index >= 15 is 0 Å². The van der Waals surface area contributed by atoms with E-state index in [9.17, 15) is 13.6 Å². The van der Waals surface area contributed by atoms with Crippen LogP contribution in [0.25, 0.3) is 16.8 Å². The summed E-state index contributed by atoms with van der Waals surface area (Å²) in [5, 5.41) is 2.40. The highest BCUT2D eigenvalue weighted by molar-refractivity contribution is 9.10. The van der Waals surface area contributed by atoms with Gasteiger partial charge in [0.2, 0.25) is 5.69 Å². The number of halogens is 3. The van der Waals surface area contributed by atoms with Crippen LogP contribution in [0.5, 0.6) is 0 Å². The van der Waals surface area contributed by atoms with E-state index in [-0.39, 0.29) is 10.0 Å². The Morgan fingerprint density at radius 2 is 1.76 bits per heavy atom. The molecule has 0 aliphatic rings. The van der Waals surface area contributed by atoms with Gasteiger partial charge in [0.15, 0.2) is 11.6 Å². The third kappa shape index (κ3) is 2.52. The number of rotatable bonds is 2. The Balaban J connectivity index is 2.02. The molecule has 0 spiro atoms. The maximum absolute atomic E-state index is 13.9. The van der Waals surface area contributed by atoms with Crippen LogP contribution in [-0.2, 0) is 0 Å². The molecule has 0 bridgehead atoms. The molecule has 7 heteroatoms. The van der Waals surface area contributed by atoms with E-state index in [1.54, 1.807) is 24.3 Å². The molecular weight excluding hydrogens is 346 g/mol. The van der Waals surface area contributed by atoms with Gasteiger partial charge < -0.3 is 0 Å². The van der Waals surface area contributed by atoms with Crippen LogP contribution in [0.1, 0.15) is 0 Å². The van der Waals surface area contributed by atoms with Gasteiger partial charge in [-0.15, -0.1) is 0 Å². The smallest absolute Gasteiger partial charge is 0.283 e. The van der Waals surface area contributed by atoms with Crippen molar-refractivity contribution < 1.29 is 18.0 Å². The van der Waals surface area contributed by atoms with Crippen molar-refractivity contribution in [3.63, 3.8) is 0 Å². The first kappa shape index (κ1) is 13.7. The highest BCUT2D eigenvalue weighted by Crippen LogP contribution is 2.28. The van der Waals surface area contributed by atoms with Crippen LogP contribution < -0.4 is 10.3 Å². The second-order valence-electron chi connectivity index (χ2n) is 4.28. The Kier molecular flexibility index (Phi) is 3.42. The SMILES string of the molecule is O=c1c[n+](-c2ccc(-c3ccc(Br)c(F)c3F)cc2)[nH]o1. The maximum Gasteiger partial charge on any atom is 0.427 e. The third-order valence-corrected chi connectivity index (χ3v) is 3.58. The highest BCUT2D eigenvalue weighted by atomic mass is 79.9. The molecule has 0 aliphatic carbocycles. The zero-order chi connectivity index (χ0) is 15.0. The Labute approximate surface area is 125 Å². The maximum atomic E-state index is 13.9. The Morgan fingerprint density at radius 3 is 2.38 bits per heavy atom. The minimum atomic E-state index is -0.926. The van der Waals surface area contributed by atoms with Gasteiger partial charge in [0.1, 0.15) is 0 Å². The molecule has 0 aliphatic heterocycles. The van der Waals surface area contributed by atoms with E-state index in [1.807, 2.05) is 0 Å². The summed E-state index contributed by atoms with van der Waals surface area (Å²) in [4.78, 5) is 11.0. The van der Waals surface area contributed by atoms with Crippen LogP contribution >= 0.6 is 15.9 Å². The molecule has 106 valence electrons. The summed E-state index contributed by atoms with van der Waals surface area (Å²) >= 11 is 2.93. The molecule has 4 nitrogen and oxygen atoms in total. The fourth-order valence-electron chi connectivity index (χ4n) is 1.93. The van der Waals surface area contributed by atoms with Crippen molar-refractivity contribution in [1.82, 2.24) is 5.27 Å². The monoisotopic (exact) mass is 353 g/mol. The van der Waals surface area contributed by atoms with E-state index < -0.39 is 17.3 Å². The number of H-pyrrole nitrogens is 1. The Morgan fingerprint density at radius 1 is 1.05 bits per heavy atom. The fourth-order valence-corrected chi connectivity index (χ4v) is 2.24. The first-order valence-corrected chi connectivity index (χ1v) is 6.70. The second-order valence-corrected chi connectivity index (χ2v) is 5.14. The zero-order valence-corrected chi connectivity index (χ0v) is 12.0. The fraction of sp³-hybridized carbons (Fsp3) is 0. The van der Waals surface area contributed by atoms with Crippen LogP contribution in [0.15, 0.2) is 56.4 Å². The topological polar surface area (TPSA) is 49.9 Å². The van der Waals surface area contributed by atoms with Gasteiger partial charge in [0.05, 0.1) is 4.47 Å². The first-order chi connectivity index (χ1) is 10.1. The molecule has 1 N–H and O–H groups in total. The molecule has 3 rings (SSSR count). The van der Waals surface area contributed by atoms with Gasteiger partial charge >= 0.3 is 5.63 Å². The standard InChI is InChI=1S/C14H7BrF2N2O2/c15-11-6-5-10(13(16)14(11)17)8-1-3-9(4-2-8)19-7-12(20)21-18-19/h1-7H/p+1. The van der Waals surface area contributed by atoms with Crippen LogP contribution in [0, 0.1) is 11.6 Å². The number of nitrogens with zero attached hydrogens (tertiary/aromatic N) is 1. The average molecular weight is 354 g/mol. The number of nitrogens with one attached hydrogen (secondary N) is 1. The van der Waals surface area contributed by atoms with E-state index in [1.165, 1.54) is 23.0 Å². The van der Waals surface area contributed by atoms with E-state index in [0.29, 0.717) is 11.3 Å². The summed E-state index contributed by atoms with van der Waals surface area (Å²) in [5.74, 6) is -1.84. The molecule has 0 saturated heterocycles. The summed E-state index contributed by atoms with van der Waals surface area (Å²) in [6.45, 7) is 0. The van der Waals surface area contributed by atoms with Crippen LogP contribution in [-0.4, -0.2) is 5.27 Å². The molecule has 0 saturated carbocycles. The number of hydrogen-bond acceptors (Lipinski definition) is 2. The molecule has 3 aromatic rings. The summed E-state index contributed by atoms with van der Waals surface area (Å²) in [5.41, 5.74) is 0.796. The lowest BCUT2D eigenvalue weighted by Crippen LogP contribution is -2.31. The van der Waals surface area contributed by atoms with E-state index in [4.69, 9.17) is 0 Å². The summed E-state index contributed by atoms with van der Waals surface area (Å²) < 4.78 is 33.5. The lowest BCUT2D eigenvalue weighted by Gasteiger charge is -2.05. The largest absolute Gasteiger partial charge is 0.427 e. The normalized spacial score (nSPS) is 10.8. The van der Waals surface area contributed by atoms with Gasteiger partial charge in [-0.1, -0.05) is 6.07 Å². The third-order valence-electron chi connectivity index (χ3n) is 2.97. The van der Waals surface area contributed by atoms with Crippen molar-refractivity contribution in [3.05, 3.63) is 69.1 Å². The van der Waals surface area contributed by atoms with Crippen molar-refractivity contribution in [2.45, 2.75) is 0 Å². The van der Waals surface area contributed by atoms with Gasteiger partial charge in [-0.25, -0.2) is 13.6 Å². The summed E-state index contributed by atoms with van der Waals surface area (Å²) in [6.07, 6.45) is 1.23. The van der Waals surface area contributed by atoms with Gasteiger partial charge in [-0.2, -0.15) is 0 Å². The van der Waals surface area contributed by atoms with Crippen LogP contribution in [0.2, 0.25) is 0 Å². The molecule has 0 atom stereocenters. The molecule has 0 radical (unpaired) electrons. The predicted octanol–water partition coefficient (Wildman–Crippen LogP) is 2.95. The van der Waals surface area contributed by atoms with E-state index in [0.717, 1.165) is 0 Å². The van der Waals surface area contributed by atoms with E-state index in [2.05, 4.69) is 25.7 Å². The molecule has 0 amide bonds. The average Bonchev–Trinajstić information content (AvgIpc) is 2.92. The van der Waals surface area contributed by atoms with Crippen molar-refractivity contribution in [2.75, 3.05) is 0 Å². The number of benzene rings is 2. The van der Waals surface area contributed by atoms with Gasteiger partial charge in [-0.3, -0.25) is 4.52 Å². The van der Waals surface area contributed by atoms with Crippen molar-refractivity contribution in [1.29, 1.82) is 0 Å². The molecule has 0 unspecified atom stereocenters. The predicted molar refractivity (Wildman–Crippen MR) is 73.9 cm³/mol. The van der Waals surface area contributed by atoms with Crippen LogP contribution in [0.4, 0.5) is 8.78 Å². The quantitative estimate of drug-likeness (QED) is 0.568. The second kappa shape index (κ2) is 5.25. The molecule has 21 heavy (non-hydrogen) atoms. The van der Waals surface area contributed by atoms with Gasteiger partial charge in [-0.05, 0) is 49.6 Å². The summed E-state index contributed by atoms with van der Waals surface area (Å²) in [7, 11) is 0. The number of aromatic nitrogens is 2. The Hall–Kier alpha value is -2.28. The Bertz CT molecular complexity index is 856. The van der Waals surface area contributed by atoms with Gasteiger partial charge in [0.25, 0.3) is 6.20 Å². The molecule has 1 heterocycles. The van der Waals surface area contributed by atoms with Crippen molar-refractivity contribution in [2.24, 2.45) is 0 Å². The summed E-state index contributed by atoms with van der Waals surface area (Å²) in [6, 6.07) is 9.49. The number of hydrogen-bond donors (Lipinski definition) is 1. The van der Waals surface area contributed by atoms with Crippen molar-refractivity contribution >= 4 is 15.9 Å². The first-order valence-electron chi connectivity index (χ1n) is 5.91. The molecule has 0 fully saturated rings. The minimum absolute atomic E-state index is 0.0758. The zero-order valence-electron chi connectivity index (χ0n) is 10.4. The molecular formula is C14H8BrF2N2O2+. The van der Waals surface area contributed by atoms with Crippen LogP contribution in [0.3, 0.4) is 0 Å². The van der Waals surface area contributed by atoms with Crippen molar-refractivity contribution in [3.8, 4) is 16.8 Å². The minimum Gasteiger partial charge on any atom is -0.283 e. The highest BCUT2D eigenvalue weighted by Gasteiger charge is 2.15.